The number of fused-ring (bicyclic) bond motifs is 1. The first-order valence-corrected chi connectivity index (χ1v) is 8.96. The van der Waals surface area contributed by atoms with Gasteiger partial charge in [-0.1, -0.05) is 36.4 Å². The highest BCUT2D eigenvalue weighted by molar-refractivity contribution is 5.98. The monoisotopic (exact) mass is 333 g/mol. The highest BCUT2D eigenvalue weighted by atomic mass is 16.1. The maximum absolute atomic E-state index is 12.8. The number of carbonyl (C=O) groups excluding carboxylic acids is 1. The van der Waals surface area contributed by atoms with Crippen molar-refractivity contribution < 1.29 is 4.79 Å². The molecule has 4 heteroatoms. The number of nitrogens with zero attached hydrogens (tertiary/aromatic N) is 3. The van der Waals surface area contributed by atoms with Crippen LogP contribution >= 0.6 is 0 Å². The number of likely N-dealkylation sites (tertiary alicyclic amines) is 1. The molecule has 4 rings (SSSR count). The molecule has 128 valence electrons. The van der Waals surface area contributed by atoms with Crippen LogP contribution in [0.15, 0.2) is 54.7 Å². The van der Waals surface area contributed by atoms with Crippen molar-refractivity contribution >= 4 is 11.3 Å². The average Bonchev–Trinajstić information content (AvgIpc) is 2.98. The van der Waals surface area contributed by atoms with Gasteiger partial charge in [0.2, 0.25) is 0 Å². The van der Waals surface area contributed by atoms with E-state index < -0.39 is 0 Å². The van der Waals surface area contributed by atoms with Gasteiger partial charge < -0.3 is 4.40 Å². The summed E-state index contributed by atoms with van der Waals surface area (Å²) in [7, 11) is 0. The second kappa shape index (κ2) is 6.81. The summed E-state index contributed by atoms with van der Waals surface area (Å²) in [6.45, 7) is 4.69. The number of Topliss-reactive ketones (excluding diaryl/α,β-unsaturated/α-hetero) is 1. The molecular weight excluding hydrogens is 310 g/mol. The van der Waals surface area contributed by atoms with Gasteiger partial charge in [-0.2, -0.15) is 0 Å². The zero-order valence-corrected chi connectivity index (χ0v) is 14.6. The first kappa shape index (κ1) is 16.0. The first-order chi connectivity index (χ1) is 12.2. The Hall–Kier alpha value is -2.46. The van der Waals surface area contributed by atoms with E-state index >= 15 is 0 Å². The standard InChI is InChI=1S/C21H23N3O/c1-16-22-19(20-11-5-6-13-24(16)20)15-23-12-7-10-18(14-23)21(25)17-8-3-2-4-9-17/h2-6,8-9,11,13,18H,7,10,12,14-15H2,1H3/t18-/m1/s1. The van der Waals surface area contributed by atoms with Gasteiger partial charge in [0.05, 0.1) is 11.2 Å². The van der Waals surface area contributed by atoms with Crippen molar-refractivity contribution in [1.82, 2.24) is 14.3 Å². The smallest absolute Gasteiger partial charge is 0.167 e. The lowest BCUT2D eigenvalue weighted by Crippen LogP contribution is -2.38. The molecule has 0 saturated carbocycles. The van der Waals surface area contributed by atoms with E-state index in [9.17, 15) is 4.79 Å². The van der Waals surface area contributed by atoms with Crippen molar-refractivity contribution in [2.45, 2.75) is 26.3 Å². The van der Waals surface area contributed by atoms with E-state index in [1.807, 2.05) is 43.3 Å². The molecule has 0 N–H and O–H groups in total. The summed E-state index contributed by atoms with van der Waals surface area (Å²) in [5.74, 6) is 1.38. The van der Waals surface area contributed by atoms with Gasteiger partial charge in [-0.25, -0.2) is 4.98 Å². The maximum atomic E-state index is 12.8. The average molecular weight is 333 g/mol. The Labute approximate surface area is 148 Å². The van der Waals surface area contributed by atoms with Gasteiger partial charge >= 0.3 is 0 Å². The van der Waals surface area contributed by atoms with E-state index in [0.717, 1.165) is 55.1 Å². The third-order valence-corrected chi connectivity index (χ3v) is 5.11. The first-order valence-electron chi connectivity index (χ1n) is 8.96. The molecule has 1 atom stereocenters. The van der Waals surface area contributed by atoms with Crippen LogP contribution in [0, 0.1) is 12.8 Å². The molecule has 3 heterocycles. The normalized spacial score (nSPS) is 18.5. The predicted molar refractivity (Wildman–Crippen MR) is 98.7 cm³/mol. The largest absolute Gasteiger partial charge is 0.304 e. The maximum Gasteiger partial charge on any atom is 0.167 e. The third-order valence-electron chi connectivity index (χ3n) is 5.11. The van der Waals surface area contributed by atoms with E-state index in [0.29, 0.717) is 0 Å². The van der Waals surface area contributed by atoms with Crippen LogP contribution in [-0.4, -0.2) is 33.2 Å². The Balaban J connectivity index is 1.51. The van der Waals surface area contributed by atoms with Crippen LogP contribution in [-0.2, 0) is 6.54 Å². The van der Waals surface area contributed by atoms with E-state index in [-0.39, 0.29) is 11.7 Å². The minimum absolute atomic E-state index is 0.0890. The van der Waals surface area contributed by atoms with Gasteiger partial charge in [-0.3, -0.25) is 9.69 Å². The second-order valence-electron chi connectivity index (χ2n) is 6.87. The molecule has 1 aromatic carbocycles. The lowest BCUT2D eigenvalue weighted by molar-refractivity contribution is 0.0810. The number of imidazole rings is 1. The van der Waals surface area contributed by atoms with E-state index in [1.165, 1.54) is 0 Å². The lowest BCUT2D eigenvalue weighted by atomic mass is 9.90. The summed E-state index contributed by atoms with van der Waals surface area (Å²) in [5, 5.41) is 0. The fourth-order valence-corrected chi connectivity index (χ4v) is 3.85. The summed E-state index contributed by atoms with van der Waals surface area (Å²) < 4.78 is 2.13. The molecular formula is C21H23N3O. The van der Waals surface area contributed by atoms with Gasteiger partial charge in [0, 0.05) is 30.8 Å². The van der Waals surface area contributed by atoms with Crippen LogP contribution in [0.1, 0.15) is 34.7 Å². The zero-order valence-electron chi connectivity index (χ0n) is 14.6. The molecule has 1 aliphatic rings. The summed E-state index contributed by atoms with van der Waals surface area (Å²) >= 11 is 0. The molecule has 2 aromatic heterocycles. The van der Waals surface area contributed by atoms with Crippen molar-refractivity contribution in [2.24, 2.45) is 5.92 Å². The fraction of sp³-hybridized carbons (Fsp3) is 0.333. The topological polar surface area (TPSA) is 37.6 Å². The number of piperidine rings is 1. The van der Waals surface area contributed by atoms with Gasteiger partial charge in [0.25, 0.3) is 0 Å². The zero-order chi connectivity index (χ0) is 17.2. The minimum Gasteiger partial charge on any atom is -0.304 e. The van der Waals surface area contributed by atoms with Crippen LogP contribution in [0.4, 0.5) is 0 Å². The van der Waals surface area contributed by atoms with Crippen LogP contribution in [0.25, 0.3) is 5.52 Å². The number of aryl methyl sites for hydroxylation is 1. The molecule has 1 fully saturated rings. The Morgan fingerprint density at radius 1 is 1.16 bits per heavy atom. The van der Waals surface area contributed by atoms with E-state index in [4.69, 9.17) is 4.98 Å². The molecule has 25 heavy (non-hydrogen) atoms. The predicted octanol–water partition coefficient (Wildman–Crippen LogP) is 3.74. The fourth-order valence-electron chi connectivity index (χ4n) is 3.85. The Morgan fingerprint density at radius 3 is 2.80 bits per heavy atom. The van der Waals surface area contributed by atoms with Crippen molar-refractivity contribution in [3.05, 3.63) is 71.8 Å². The molecule has 0 radical (unpaired) electrons. The number of carbonyl (C=O) groups is 1. The number of hydrogen-bond donors (Lipinski definition) is 0. The molecule has 0 amide bonds. The van der Waals surface area contributed by atoms with Crippen molar-refractivity contribution in [3.63, 3.8) is 0 Å². The minimum atomic E-state index is 0.0890. The Morgan fingerprint density at radius 2 is 1.96 bits per heavy atom. The lowest BCUT2D eigenvalue weighted by Gasteiger charge is -2.31. The van der Waals surface area contributed by atoms with Crippen LogP contribution in [0.3, 0.4) is 0 Å². The van der Waals surface area contributed by atoms with Crippen molar-refractivity contribution in [1.29, 1.82) is 0 Å². The van der Waals surface area contributed by atoms with E-state index in [2.05, 4.69) is 27.6 Å². The molecule has 1 aliphatic heterocycles. The van der Waals surface area contributed by atoms with Crippen molar-refractivity contribution in [2.75, 3.05) is 13.1 Å². The number of hydrogen-bond acceptors (Lipinski definition) is 3. The summed E-state index contributed by atoms with van der Waals surface area (Å²) in [6.07, 6.45) is 4.10. The van der Waals surface area contributed by atoms with Crippen LogP contribution in [0.2, 0.25) is 0 Å². The molecule has 0 spiro atoms. The van der Waals surface area contributed by atoms with Gasteiger partial charge in [0.1, 0.15) is 5.82 Å². The highest BCUT2D eigenvalue weighted by Crippen LogP contribution is 2.23. The summed E-state index contributed by atoms with van der Waals surface area (Å²) in [6, 6.07) is 15.9. The van der Waals surface area contributed by atoms with Crippen LogP contribution in [0.5, 0.6) is 0 Å². The highest BCUT2D eigenvalue weighted by Gasteiger charge is 2.27. The quantitative estimate of drug-likeness (QED) is 0.683. The third kappa shape index (κ3) is 3.22. The van der Waals surface area contributed by atoms with Crippen LogP contribution < -0.4 is 0 Å². The van der Waals surface area contributed by atoms with Crippen molar-refractivity contribution in [3.8, 4) is 0 Å². The Kier molecular flexibility index (Phi) is 4.36. The molecule has 0 aliphatic carbocycles. The molecule has 1 saturated heterocycles. The number of pyridine rings is 1. The molecule has 0 bridgehead atoms. The van der Waals surface area contributed by atoms with Gasteiger partial charge in [0.15, 0.2) is 5.78 Å². The molecule has 3 aromatic rings. The van der Waals surface area contributed by atoms with Gasteiger partial charge in [-0.05, 0) is 38.4 Å². The molecule has 4 nitrogen and oxygen atoms in total. The number of ketones is 1. The second-order valence-corrected chi connectivity index (χ2v) is 6.87. The number of rotatable bonds is 4. The molecule has 0 unspecified atom stereocenters. The number of benzene rings is 1. The van der Waals surface area contributed by atoms with E-state index in [1.54, 1.807) is 0 Å². The summed E-state index contributed by atoms with van der Waals surface area (Å²) in [4.78, 5) is 19.9. The summed E-state index contributed by atoms with van der Waals surface area (Å²) in [5.41, 5.74) is 3.10. The number of aromatic nitrogens is 2. The Bertz CT molecular complexity index is 885. The van der Waals surface area contributed by atoms with Gasteiger partial charge in [-0.15, -0.1) is 0 Å². The SMILES string of the molecule is Cc1nc(CN2CCC[C@@H](C(=O)c3ccccc3)C2)c2ccccn12.